The summed E-state index contributed by atoms with van der Waals surface area (Å²) in [7, 11) is 0. The molecule has 1 aliphatic rings. The van der Waals surface area contributed by atoms with E-state index in [1.165, 1.54) is 29.4 Å². The summed E-state index contributed by atoms with van der Waals surface area (Å²) in [6, 6.07) is 13.6. The van der Waals surface area contributed by atoms with Crippen molar-refractivity contribution < 1.29 is 0 Å². The lowest BCUT2D eigenvalue weighted by Gasteiger charge is -2.05. The number of hydrogen-bond donors (Lipinski definition) is 1. The Bertz CT molecular complexity index is 756. The molecule has 1 aliphatic carbocycles. The van der Waals surface area contributed by atoms with Crippen LogP contribution >= 0.6 is 0 Å². The van der Waals surface area contributed by atoms with E-state index in [4.69, 9.17) is 0 Å². The van der Waals surface area contributed by atoms with Crippen LogP contribution in [-0.4, -0.2) is 15.6 Å². The summed E-state index contributed by atoms with van der Waals surface area (Å²) in [5.41, 5.74) is 3.74. The van der Waals surface area contributed by atoms with Gasteiger partial charge in [-0.25, -0.2) is 0 Å². The number of benzene rings is 1. The van der Waals surface area contributed by atoms with Gasteiger partial charge in [-0.2, -0.15) is 0 Å². The van der Waals surface area contributed by atoms with Crippen LogP contribution in [0, 0.1) is 0 Å². The summed E-state index contributed by atoms with van der Waals surface area (Å²) >= 11 is 0. The maximum atomic E-state index is 4.37. The van der Waals surface area contributed by atoms with Crippen molar-refractivity contribution in [3.8, 4) is 0 Å². The Morgan fingerprint density at radius 3 is 3.00 bits per heavy atom. The first-order chi connectivity index (χ1) is 10.4. The van der Waals surface area contributed by atoms with E-state index in [9.17, 15) is 0 Å². The van der Waals surface area contributed by atoms with Crippen LogP contribution in [0.5, 0.6) is 0 Å². The van der Waals surface area contributed by atoms with E-state index in [0.717, 1.165) is 24.6 Å². The van der Waals surface area contributed by atoms with Gasteiger partial charge in [-0.1, -0.05) is 12.1 Å². The lowest BCUT2D eigenvalue weighted by Crippen LogP contribution is -2.14. The van der Waals surface area contributed by atoms with Gasteiger partial charge in [0.15, 0.2) is 0 Å². The second kappa shape index (κ2) is 5.34. The van der Waals surface area contributed by atoms with E-state index in [2.05, 4.69) is 57.6 Å². The van der Waals surface area contributed by atoms with E-state index in [0.29, 0.717) is 0 Å². The molecule has 3 aromatic rings. The minimum Gasteiger partial charge on any atom is -0.350 e. The summed E-state index contributed by atoms with van der Waals surface area (Å²) in [4.78, 5) is 4.37. The van der Waals surface area contributed by atoms with Crippen molar-refractivity contribution in [3.05, 3.63) is 66.1 Å². The Morgan fingerprint density at radius 1 is 1.14 bits per heavy atom. The summed E-state index contributed by atoms with van der Waals surface area (Å²) in [6.07, 6.45) is 8.92. The number of fused-ring (bicyclic) bond motifs is 1. The van der Waals surface area contributed by atoms with Crippen molar-refractivity contribution >= 4 is 10.9 Å². The van der Waals surface area contributed by atoms with Gasteiger partial charge in [-0.3, -0.25) is 4.98 Å². The van der Waals surface area contributed by atoms with Gasteiger partial charge in [0.05, 0.1) is 5.52 Å². The first kappa shape index (κ1) is 12.6. The molecule has 2 heterocycles. The van der Waals surface area contributed by atoms with Gasteiger partial charge >= 0.3 is 0 Å². The molecule has 3 heteroatoms. The van der Waals surface area contributed by atoms with Crippen LogP contribution in [0.15, 0.2) is 55.0 Å². The molecule has 1 aromatic carbocycles. The fraction of sp³-hybridized carbons (Fsp3) is 0.278. The maximum Gasteiger partial charge on any atom is 0.0702 e. The quantitative estimate of drug-likeness (QED) is 0.775. The van der Waals surface area contributed by atoms with E-state index in [-0.39, 0.29) is 0 Å². The average Bonchev–Trinajstić information content (AvgIpc) is 3.25. The van der Waals surface area contributed by atoms with Crippen LogP contribution < -0.4 is 5.32 Å². The minimum absolute atomic E-state index is 0.765. The minimum atomic E-state index is 0.765. The van der Waals surface area contributed by atoms with Crippen molar-refractivity contribution in [2.75, 3.05) is 0 Å². The molecule has 21 heavy (non-hydrogen) atoms. The zero-order valence-electron chi connectivity index (χ0n) is 12.0. The molecule has 1 fully saturated rings. The largest absolute Gasteiger partial charge is 0.350 e. The Labute approximate surface area is 124 Å². The molecule has 1 N–H and O–H groups in total. The standard InChI is InChI=1S/C18H19N3/c1-2-16-10-14(3-6-18(16)19-8-1)12-21-9-7-15(13-21)11-20-17-4-5-17/h1-3,6-10,13,17,20H,4-5,11-12H2. The van der Waals surface area contributed by atoms with E-state index < -0.39 is 0 Å². The van der Waals surface area contributed by atoms with E-state index in [1.54, 1.807) is 0 Å². The number of rotatable bonds is 5. The van der Waals surface area contributed by atoms with Gasteiger partial charge in [-0.15, -0.1) is 0 Å². The van der Waals surface area contributed by atoms with Crippen molar-refractivity contribution in [1.29, 1.82) is 0 Å². The fourth-order valence-electron chi connectivity index (χ4n) is 2.68. The molecule has 0 radical (unpaired) electrons. The van der Waals surface area contributed by atoms with Gasteiger partial charge in [0.2, 0.25) is 0 Å². The number of hydrogen-bond acceptors (Lipinski definition) is 2. The molecule has 0 unspecified atom stereocenters. The highest BCUT2D eigenvalue weighted by atomic mass is 15.0. The number of pyridine rings is 1. The van der Waals surface area contributed by atoms with Crippen LogP contribution in [0.1, 0.15) is 24.0 Å². The zero-order valence-corrected chi connectivity index (χ0v) is 12.0. The molecular formula is C18H19N3. The van der Waals surface area contributed by atoms with Crippen LogP contribution in [0.2, 0.25) is 0 Å². The Kier molecular flexibility index (Phi) is 3.20. The van der Waals surface area contributed by atoms with Crippen LogP contribution in [0.3, 0.4) is 0 Å². The Balaban J connectivity index is 1.48. The number of nitrogens with zero attached hydrogens (tertiary/aromatic N) is 2. The molecule has 0 atom stereocenters. The van der Waals surface area contributed by atoms with Crippen molar-refractivity contribution in [2.45, 2.75) is 32.0 Å². The maximum absolute atomic E-state index is 4.37. The molecular weight excluding hydrogens is 258 g/mol. The van der Waals surface area contributed by atoms with Gasteiger partial charge in [0.25, 0.3) is 0 Å². The number of aromatic nitrogens is 2. The summed E-state index contributed by atoms with van der Waals surface area (Å²) in [5, 5.41) is 4.76. The molecule has 106 valence electrons. The molecule has 0 spiro atoms. The first-order valence-electron chi connectivity index (χ1n) is 7.58. The van der Waals surface area contributed by atoms with Crippen LogP contribution in [-0.2, 0) is 13.1 Å². The van der Waals surface area contributed by atoms with E-state index >= 15 is 0 Å². The summed E-state index contributed by atoms with van der Waals surface area (Å²) in [5.74, 6) is 0. The van der Waals surface area contributed by atoms with Gasteiger partial charge in [-0.05, 0) is 48.2 Å². The molecule has 4 rings (SSSR count). The molecule has 1 saturated carbocycles. The highest BCUT2D eigenvalue weighted by molar-refractivity contribution is 5.78. The van der Waals surface area contributed by atoms with Crippen LogP contribution in [0.4, 0.5) is 0 Å². The SMILES string of the molecule is c1cnc2ccc(Cn3ccc(CNC4CC4)c3)cc2c1. The number of nitrogens with one attached hydrogen (secondary N) is 1. The molecule has 0 saturated heterocycles. The third-order valence-corrected chi connectivity index (χ3v) is 4.02. The van der Waals surface area contributed by atoms with Gasteiger partial charge in [0.1, 0.15) is 0 Å². The highest BCUT2D eigenvalue weighted by Crippen LogP contribution is 2.19. The van der Waals surface area contributed by atoms with Gasteiger partial charge < -0.3 is 9.88 Å². The third-order valence-electron chi connectivity index (χ3n) is 4.02. The van der Waals surface area contributed by atoms with Crippen molar-refractivity contribution in [1.82, 2.24) is 14.9 Å². The van der Waals surface area contributed by atoms with Gasteiger partial charge in [0, 0.05) is 43.1 Å². The second-order valence-electron chi connectivity index (χ2n) is 5.88. The molecule has 0 amide bonds. The lowest BCUT2D eigenvalue weighted by atomic mass is 10.1. The fourth-order valence-corrected chi connectivity index (χ4v) is 2.68. The van der Waals surface area contributed by atoms with Crippen LogP contribution in [0.25, 0.3) is 10.9 Å². The smallest absolute Gasteiger partial charge is 0.0702 e. The topological polar surface area (TPSA) is 29.9 Å². The normalized spacial score (nSPS) is 14.7. The third kappa shape index (κ3) is 2.98. The predicted octanol–water partition coefficient (Wildman–Crippen LogP) is 3.34. The molecule has 0 aliphatic heterocycles. The predicted molar refractivity (Wildman–Crippen MR) is 85.1 cm³/mol. The molecule has 2 aromatic heterocycles. The Morgan fingerprint density at radius 2 is 2.10 bits per heavy atom. The summed E-state index contributed by atoms with van der Waals surface area (Å²) in [6.45, 7) is 1.90. The zero-order chi connectivity index (χ0) is 14.1. The average molecular weight is 277 g/mol. The van der Waals surface area contributed by atoms with E-state index in [1.807, 2.05) is 12.3 Å². The Hall–Kier alpha value is -2.13. The second-order valence-corrected chi connectivity index (χ2v) is 5.88. The van der Waals surface area contributed by atoms with Crippen molar-refractivity contribution in [2.24, 2.45) is 0 Å². The first-order valence-corrected chi connectivity index (χ1v) is 7.58. The molecule has 3 nitrogen and oxygen atoms in total. The highest BCUT2D eigenvalue weighted by Gasteiger charge is 2.19. The van der Waals surface area contributed by atoms with Crippen molar-refractivity contribution in [3.63, 3.8) is 0 Å². The monoisotopic (exact) mass is 277 g/mol. The molecule has 0 bridgehead atoms. The lowest BCUT2D eigenvalue weighted by molar-refractivity contribution is 0.685. The summed E-state index contributed by atoms with van der Waals surface area (Å²) < 4.78 is 2.25.